The zero-order valence-electron chi connectivity index (χ0n) is 33.2. The third-order valence-corrected chi connectivity index (χ3v) is 12.8. The van der Waals surface area contributed by atoms with Crippen LogP contribution in [0.3, 0.4) is 0 Å². The Bertz CT molecular complexity index is 2180. The van der Waals surface area contributed by atoms with Crippen molar-refractivity contribution in [2.45, 2.75) is 71.5 Å². The van der Waals surface area contributed by atoms with Crippen molar-refractivity contribution in [2.24, 2.45) is 11.3 Å². The number of aryl methyl sites for hydroxylation is 1. The van der Waals surface area contributed by atoms with E-state index in [0.29, 0.717) is 22.0 Å². The van der Waals surface area contributed by atoms with Crippen LogP contribution in [0.15, 0.2) is 73.1 Å². The summed E-state index contributed by atoms with van der Waals surface area (Å²) >= 11 is -0.559. The van der Waals surface area contributed by atoms with E-state index >= 15 is 0 Å². The average molecular weight is 888 g/mol. The summed E-state index contributed by atoms with van der Waals surface area (Å²) in [6.45, 7) is 7.26. The molecule has 0 unspecified atom stereocenters. The van der Waals surface area contributed by atoms with Crippen LogP contribution in [0.5, 0.6) is 0 Å². The largest absolute Gasteiger partial charge is 0.304 e. The molecule has 2 aromatic carbocycles. The predicted molar refractivity (Wildman–Crippen MR) is 197 cm³/mol. The number of aromatic nitrogens is 3. The van der Waals surface area contributed by atoms with Gasteiger partial charge in [-0.2, -0.15) is 15.7 Å². The van der Waals surface area contributed by atoms with Gasteiger partial charge in [-0.1, -0.05) is 37.8 Å². The van der Waals surface area contributed by atoms with Crippen LogP contribution in [-0.2, 0) is 32.9 Å². The number of hydrogen-bond acceptors (Lipinski definition) is 4. The van der Waals surface area contributed by atoms with Crippen molar-refractivity contribution >= 4 is 49.3 Å². The van der Waals surface area contributed by atoms with Crippen LogP contribution in [0.25, 0.3) is 42.8 Å². The van der Waals surface area contributed by atoms with Gasteiger partial charge in [0.15, 0.2) is 0 Å². The molecule has 4 aromatic heterocycles. The summed E-state index contributed by atoms with van der Waals surface area (Å²) in [6, 6.07) is 24.9. The summed E-state index contributed by atoms with van der Waals surface area (Å²) in [5.41, 5.74) is 3.78. The first-order chi connectivity index (χ1) is 23.7. The zero-order valence-corrected chi connectivity index (χ0v) is 33.5. The van der Waals surface area contributed by atoms with Crippen LogP contribution >= 0.6 is 11.3 Å². The minimum atomic E-state index is -2.51. The van der Waals surface area contributed by atoms with Gasteiger partial charge in [-0.15, -0.1) is 23.8 Å². The third kappa shape index (κ3) is 9.23. The smallest absolute Gasteiger partial charge is 0.214 e. The molecule has 0 saturated carbocycles. The van der Waals surface area contributed by atoms with E-state index in [1.807, 2.05) is 24.3 Å². The molecule has 1 radical (unpaired) electrons. The van der Waals surface area contributed by atoms with E-state index in [1.54, 1.807) is 37.3 Å². The SMILES string of the molecule is CC(C)Cc1cc(-c2[c-]cccc2)nc[c]1[Ge]([CH3])([CH3])[CH3].[2H]C([2H])([2H])c1cnc(-c2[c-]ccc3c2sc2nc(F)ccc23)cc1C([2H])([2H])C(C)(C)C.[Ir]. The minimum Gasteiger partial charge on any atom is -0.304 e. The molecule has 0 fully saturated rings. The zero-order chi connectivity index (χ0) is 37.5. The molecule has 0 saturated heterocycles. The second-order valence-electron chi connectivity index (χ2n) is 14.0. The molecule has 4 heterocycles. The molecule has 0 amide bonds. The molecule has 0 aliphatic carbocycles. The second kappa shape index (κ2) is 15.2. The van der Waals surface area contributed by atoms with Gasteiger partial charge in [-0.25, -0.2) is 4.98 Å². The maximum absolute atomic E-state index is 13.6. The molecule has 0 bridgehead atoms. The van der Waals surface area contributed by atoms with Crippen LogP contribution in [0, 0.1) is 36.3 Å². The molecule has 247 valence electrons. The molecular formula is C40H44FGeIrN3S-2. The van der Waals surface area contributed by atoms with Gasteiger partial charge in [0.1, 0.15) is 4.83 Å². The topological polar surface area (TPSA) is 38.7 Å². The van der Waals surface area contributed by atoms with Gasteiger partial charge in [0, 0.05) is 38.5 Å². The quantitative estimate of drug-likeness (QED) is 0.0950. The van der Waals surface area contributed by atoms with Crippen LogP contribution in [0.1, 0.15) is 58.2 Å². The Labute approximate surface area is 307 Å². The standard InChI is InChI=1S/C22H20FN2S.C18H24GeN.Ir/c1-13-12-24-18(10-14(13)11-22(2,3)4)17-7-5-6-15-16-8-9-19(23)25-21(16)26-20(15)17;1-14(2)11-16-12-18(15-9-7-6-8-10-15)20-13-17(16)19(3,4)5;/h5-6,8-10,12H,11H2,1-4H3;6-9,12-14H,11H2,1-5H3;/q2*-1;/i1D3,11D2;;. The third-order valence-electron chi connectivity index (χ3n) is 7.35. The van der Waals surface area contributed by atoms with Crippen LogP contribution in [-0.4, -0.2) is 28.2 Å². The molecule has 7 heteroatoms. The van der Waals surface area contributed by atoms with Crippen LogP contribution < -0.4 is 4.40 Å². The summed E-state index contributed by atoms with van der Waals surface area (Å²) in [7, 11) is 0. The molecular weight excluding hydrogens is 838 g/mol. The van der Waals surface area contributed by atoms with Gasteiger partial charge in [-0.3, -0.25) is 0 Å². The van der Waals surface area contributed by atoms with Crippen molar-refractivity contribution < 1.29 is 31.3 Å². The van der Waals surface area contributed by atoms with Gasteiger partial charge in [0.25, 0.3) is 0 Å². The number of fused-ring (bicyclic) bond motifs is 3. The molecule has 0 N–H and O–H groups in total. The van der Waals surface area contributed by atoms with Crippen LogP contribution in [0.4, 0.5) is 4.39 Å². The number of halogens is 1. The van der Waals surface area contributed by atoms with Gasteiger partial charge in [0.05, 0.1) is 0 Å². The summed E-state index contributed by atoms with van der Waals surface area (Å²) in [5, 5.41) is 1.67. The van der Waals surface area contributed by atoms with Gasteiger partial charge in [-0.05, 0) is 46.7 Å². The molecule has 0 aliphatic heterocycles. The Morgan fingerprint density at radius 2 is 1.68 bits per heavy atom. The Morgan fingerprint density at radius 3 is 2.34 bits per heavy atom. The fourth-order valence-corrected chi connectivity index (χ4v) is 9.87. The summed E-state index contributed by atoms with van der Waals surface area (Å²) in [5.74, 6) is 7.43. The van der Waals surface area contributed by atoms with Crippen molar-refractivity contribution in [3.05, 3.63) is 108 Å². The van der Waals surface area contributed by atoms with Gasteiger partial charge in [0.2, 0.25) is 5.95 Å². The van der Waals surface area contributed by atoms with E-state index in [2.05, 4.69) is 71.5 Å². The Balaban J connectivity index is 0.000000250. The van der Waals surface area contributed by atoms with Gasteiger partial charge < -0.3 is 4.98 Å². The molecule has 0 atom stereocenters. The first-order valence-corrected chi connectivity index (χ1v) is 23.7. The van der Waals surface area contributed by atoms with E-state index in [9.17, 15) is 4.39 Å². The average Bonchev–Trinajstić information content (AvgIpc) is 3.41. The van der Waals surface area contributed by atoms with Crippen molar-refractivity contribution in [1.29, 1.82) is 0 Å². The molecule has 0 aliphatic rings. The van der Waals surface area contributed by atoms with Crippen molar-refractivity contribution in [3.8, 4) is 22.5 Å². The van der Waals surface area contributed by atoms with Crippen molar-refractivity contribution in [2.75, 3.05) is 0 Å². The Hall–Kier alpha value is -2.77. The van der Waals surface area contributed by atoms with E-state index in [-0.39, 0.29) is 31.2 Å². The van der Waals surface area contributed by atoms with Crippen molar-refractivity contribution in [3.63, 3.8) is 0 Å². The van der Waals surface area contributed by atoms with Gasteiger partial charge >= 0.3 is 126 Å². The molecule has 3 nitrogen and oxygen atoms in total. The minimum absolute atomic E-state index is 0. The fourth-order valence-electron chi connectivity index (χ4n) is 5.37. The number of rotatable bonds is 6. The first kappa shape index (κ1) is 30.3. The van der Waals surface area contributed by atoms with Crippen LogP contribution in [0.2, 0.25) is 17.3 Å². The predicted octanol–water partition coefficient (Wildman–Crippen LogP) is 10.6. The monoisotopic (exact) mass is 889 g/mol. The Kier molecular flexibility index (Phi) is 9.80. The maximum atomic E-state index is 13.6. The van der Waals surface area contributed by atoms with E-state index < -0.39 is 37.9 Å². The summed E-state index contributed by atoms with van der Waals surface area (Å²) < 4.78 is 57.0. The molecule has 6 aromatic rings. The van der Waals surface area contributed by atoms with E-state index in [4.69, 9.17) is 11.8 Å². The number of hydrogen-bond donors (Lipinski definition) is 0. The number of pyridine rings is 3. The van der Waals surface area contributed by atoms with E-state index in [0.717, 1.165) is 33.2 Å². The molecule has 0 spiro atoms. The fraction of sp³-hybridized carbons (Fsp3) is 0.325. The molecule has 6 rings (SSSR count). The first-order valence-electron chi connectivity index (χ1n) is 18.1. The summed E-state index contributed by atoms with van der Waals surface area (Å²) in [4.78, 5) is 13.6. The molecule has 47 heavy (non-hydrogen) atoms. The Morgan fingerprint density at radius 1 is 0.936 bits per heavy atom. The second-order valence-corrected chi connectivity index (χ2v) is 25.6. The van der Waals surface area contributed by atoms with E-state index in [1.165, 1.54) is 35.2 Å². The normalized spacial score (nSPS) is 14.0. The number of benzene rings is 2. The maximum Gasteiger partial charge on any atom is 0.214 e. The number of nitrogens with zero attached hydrogens (tertiary/aromatic N) is 3. The summed E-state index contributed by atoms with van der Waals surface area (Å²) in [6.07, 6.45) is 2.58. The number of thiophene rings is 1. The van der Waals surface area contributed by atoms with Crippen molar-refractivity contribution in [1.82, 2.24) is 15.0 Å².